The lowest BCUT2D eigenvalue weighted by molar-refractivity contribution is 0.173. The number of hydrogen-bond acceptors (Lipinski definition) is 2. The number of nitrogens with zero attached hydrogens (tertiary/aromatic N) is 1. The van der Waals surface area contributed by atoms with E-state index in [1.165, 1.54) is 6.07 Å². The fraction of sp³-hybridized carbons (Fsp3) is 0.429. The third kappa shape index (κ3) is 5.11. The summed E-state index contributed by atoms with van der Waals surface area (Å²) in [5.41, 5.74) is 0.728. The van der Waals surface area contributed by atoms with Crippen molar-refractivity contribution < 1.29 is 9.13 Å². The van der Waals surface area contributed by atoms with Crippen molar-refractivity contribution in [1.29, 1.82) is 0 Å². The Labute approximate surface area is 103 Å². The molecule has 0 spiro atoms. The molecule has 2 nitrogen and oxygen atoms in total. The Kier molecular flexibility index (Phi) is 6.51. The molecule has 1 rings (SSSR count). The molecule has 0 N–H and O–H groups in total. The van der Waals surface area contributed by atoms with Gasteiger partial charge in [-0.05, 0) is 12.5 Å². The molecule has 0 bridgehead atoms. The number of hydrogen-bond donors (Lipinski definition) is 0. The number of benzene rings is 1. The Balaban J connectivity index is 2.53. The van der Waals surface area contributed by atoms with Gasteiger partial charge < -0.3 is 4.74 Å². The Morgan fingerprint density at radius 3 is 2.82 bits per heavy atom. The molecule has 0 saturated carbocycles. The quantitative estimate of drug-likeness (QED) is 0.509. The molecule has 17 heavy (non-hydrogen) atoms. The van der Waals surface area contributed by atoms with Crippen LogP contribution in [-0.4, -0.2) is 31.7 Å². The van der Waals surface area contributed by atoms with Crippen molar-refractivity contribution >= 4 is 0 Å². The molecule has 3 heteroatoms. The molecule has 0 amide bonds. The van der Waals surface area contributed by atoms with Crippen LogP contribution in [0.15, 0.2) is 36.9 Å². The number of halogens is 1. The highest BCUT2D eigenvalue weighted by molar-refractivity contribution is 5.17. The fourth-order valence-electron chi connectivity index (χ4n) is 1.72. The Morgan fingerprint density at radius 2 is 2.18 bits per heavy atom. The van der Waals surface area contributed by atoms with Crippen LogP contribution < -0.4 is 0 Å². The predicted octanol–water partition coefficient (Wildman–Crippen LogP) is 2.85. The molecule has 94 valence electrons. The molecule has 0 atom stereocenters. The summed E-state index contributed by atoms with van der Waals surface area (Å²) in [7, 11) is 1.69. The zero-order valence-electron chi connectivity index (χ0n) is 10.4. The van der Waals surface area contributed by atoms with Gasteiger partial charge in [0.25, 0.3) is 0 Å². The minimum absolute atomic E-state index is 0.145. The molecule has 1 aromatic carbocycles. The van der Waals surface area contributed by atoms with Crippen LogP contribution in [0.3, 0.4) is 0 Å². The van der Waals surface area contributed by atoms with E-state index in [0.717, 1.165) is 31.7 Å². The lowest BCUT2D eigenvalue weighted by Crippen LogP contribution is -2.25. The first-order valence-corrected chi connectivity index (χ1v) is 5.83. The van der Waals surface area contributed by atoms with Crippen LogP contribution in [0.5, 0.6) is 0 Å². The average Bonchev–Trinajstić information content (AvgIpc) is 2.32. The van der Waals surface area contributed by atoms with Crippen molar-refractivity contribution in [2.24, 2.45) is 0 Å². The second-order valence-corrected chi connectivity index (χ2v) is 3.96. The lowest BCUT2D eigenvalue weighted by Gasteiger charge is -2.20. The van der Waals surface area contributed by atoms with E-state index in [4.69, 9.17) is 4.74 Å². The number of methoxy groups -OCH3 is 1. The summed E-state index contributed by atoms with van der Waals surface area (Å²) in [6.45, 7) is 6.71. The van der Waals surface area contributed by atoms with Gasteiger partial charge in [-0.3, -0.25) is 4.90 Å². The molecule has 0 saturated heterocycles. The molecule has 0 aromatic heterocycles. The summed E-state index contributed by atoms with van der Waals surface area (Å²) < 4.78 is 18.5. The Morgan fingerprint density at radius 1 is 1.41 bits per heavy atom. The third-order valence-corrected chi connectivity index (χ3v) is 2.56. The van der Waals surface area contributed by atoms with E-state index in [0.29, 0.717) is 6.54 Å². The molecular formula is C14H20FNO. The topological polar surface area (TPSA) is 12.5 Å². The van der Waals surface area contributed by atoms with E-state index >= 15 is 0 Å². The third-order valence-electron chi connectivity index (χ3n) is 2.56. The maximum Gasteiger partial charge on any atom is 0.127 e. The molecule has 0 aliphatic heterocycles. The second kappa shape index (κ2) is 7.98. The van der Waals surface area contributed by atoms with E-state index in [1.807, 2.05) is 18.2 Å². The van der Waals surface area contributed by atoms with E-state index in [2.05, 4.69) is 11.5 Å². The van der Waals surface area contributed by atoms with Gasteiger partial charge in [0.05, 0.1) is 0 Å². The highest BCUT2D eigenvalue weighted by Crippen LogP contribution is 2.10. The van der Waals surface area contributed by atoms with Crippen LogP contribution >= 0.6 is 0 Å². The summed E-state index contributed by atoms with van der Waals surface area (Å²) in [5, 5.41) is 0. The fourth-order valence-corrected chi connectivity index (χ4v) is 1.72. The van der Waals surface area contributed by atoms with Gasteiger partial charge in [-0.2, -0.15) is 0 Å². The van der Waals surface area contributed by atoms with Gasteiger partial charge in [0.2, 0.25) is 0 Å². The van der Waals surface area contributed by atoms with Gasteiger partial charge in [0.1, 0.15) is 5.82 Å². The maximum absolute atomic E-state index is 13.5. The van der Waals surface area contributed by atoms with Crippen LogP contribution in [0, 0.1) is 5.82 Å². The van der Waals surface area contributed by atoms with Crippen LogP contribution in [0.1, 0.15) is 12.0 Å². The van der Waals surface area contributed by atoms with Gasteiger partial charge in [0, 0.05) is 38.9 Å². The maximum atomic E-state index is 13.5. The smallest absolute Gasteiger partial charge is 0.127 e. The van der Waals surface area contributed by atoms with E-state index in [-0.39, 0.29) is 5.82 Å². The van der Waals surface area contributed by atoms with E-state index in [1.54, 1.807) is 13.2 Å². The normalized spacial score (nSPS) is 10.8. The average molecular weight is 237 g/mol. The monoisotopic (exact) mass is 237 g/mol. The first-order chi connectivity index (χ1) is 8.27. The Bertz CT molecular complexity index is 341. The van der Waals surface area contributed by atoms with Gasteiger partial charge in [-0.1, -0.05) is 24.3 Å². The summed E-state index contributed by atoms with van der Waals surface area (Å²) >= 11 is 0. The van der Waals surface area contributed by atoms with Gasteiger partial charge in [-0.15, -0.1) is 6.58 Å². The second-order valence-electron chi connectivity index (χ2n) is 3.96. The summed E-state index contributed by atoms with van der Waals surface area (Å²) in [6.07, 6.45) is 2.78. The number of ether oxygens (including phenoxy) is 1. The molecule has 1 aromatic rings. The largest absolute Gasteiger partial charge is 0.385 e. The van der Waals surface area contributed by atoms with E-state index in [9.17, 15) is 4.39 Å². The summed E-state index contributed by atoms with van der Waals surface area (Å²) in [5.74, 6) is -0.145. The van der Waals surface area contributed by atoms with Gasteiger partial charge in [-0.25, -0.2) is 4.39 Å². The lowest BCUT2D eigenvalue weighted by atomic mass is 10.2. The standard InChI is InChI=1S/C14H20FNO/c1-3-9-16(10-6-11-17-2)12-13-7-4-5-8-14(13)15/h3-5,7-8H,1,6,9-12H2,2H3. The van der Waals surface area contributed by atoms with Crippen molar-refractivity contribution in [3.63, 3.8) is 0 Å². The van der Waals surface area contributed by atoms with Crippen LogP contribution in [0.25, 0.3) is 0 Å². The van der Waals surface area contributed by atoms with Crippen molar-refractivity contribution in [3.05, 3.63) is 48.3 Å². The zero-order chi connectivity index (χ0) is 12.5. The molecule has 0 heterocycles. The SMILES string of the molecule is C=CCN(CCCOC)Cc1ccccc1F. The minimum Gasteiger partial charge on any atom is -0.385 e. The molecular weight excluding hydrogens is 217 g/mol. The highest BCUT2D eigenvalue weighted by Gasteiger charge is 2.07. The van der Waals surface area contributed by atoms with Crippen molar-refractivity contribution in [3.8, 4) is 0 Å². The highest BCUT2D eigenvalue weighted by atomic mass is 19.1. The van der Waals surface area contributed by atoms with E-state index < -0.39 is 0 Å². The number of rotatable bonds is 8. The first kappa shape index (κ1) is 13.9. The minimum atomic E-state index is -0.145. The predicted molar refractivity (Wildman–Crippen MR) is 68.4 cm³/mol. The Hall–Kier alpha value is -1.19. The van der Waals surface area contributed by atoms with Crippen molar-refractivity contribution in [2.75, 3.05) is 26.8 Å². The molecule has 0 aliphatic rings. The van der Waals surface area contributed by atoms with Crippen LogP contribution in [0.2, 0.25) is 0 Å². The summed E-state index contributed by atoms with van der Waals surface area (Å²) in [4.78, 5) is 2.16. The molecule has 0 unspecified atom stereocenters. The van der Waals surface area contributed by atoms with Crippen LogP contribution in [0.4, 0.5) is 4.39 Å². The summed E-state index contributed by atoms with van der Waals surface area (Å²) in [6, 6.07) is 6.89. The molecule has 0 fully saturated rings. The van der Waals surface area contributed by atoms with Gasteiger partial charge >= 0.3 is 0 Å². The van der Waals surface area contributed by atoms with Crippen molar-refractivity contribution in [2.45, 2.75) is 13.0 Å². The van der Waals surface area contributed by atoms with Crippen molar-refractivity contribution in [1.82, 2.24) is 4.90 Å². The first-order valence-electron chi connectivity index (χ1n) is 5.83. The molecule has 0 radical (unpaired) electrons. The molecule has 0 aliphatic carbocycles. The zero-order valence-corrected chi connectivity index (χ0v) is 10.4. The van der Waals surface area contributed by atoms with Crippen LogP contribution in [-0.2, 0) is 11.3 Å². The van der Waals surface area contributed by atoms with Gasteiger partial charge in [0.15, 0.2) is 0 Å².